The van der Waals surface area contributed by atoms with Crippen molar-refractivity contribution in [3.05, 3.63) is 106 Å². The van der Waals surface area contributed by atoms with Gasteiger partial charge < -0.3 is 15.2 Å². The molecule has 1 fully saturated rings. The molecule has 0 radical (unpaired) electrons. The number of anilines is 2. The van der Waals surface area contributed by atoms with Crippen LogP contribution in [0.4, 0.5) is 11.5 Å². The van der Waals surface area contributed by atoms with Crippen LogP contribution in [0.1, 0.15) is 44.9 Å². The minimum Gasteiger partial charge on any atom is -0.334 e. The van der Waals surface area contributed by atoms with Crippen LogP contribution in [-0.2, 0) is 12.0 Å². The topological polar surface area (TPSA) is 88.9 Å². The first-order valence-electron chi connectivity index (χ1n) is 11.5. The summed E-state index contributed by atoms with van der Waals surface area (Å²) in [6.07, 6.45) is 7.45. The molecule has 0 bridgehead atoms. The molecule has 1 aliphatic rings. The fourth-order valence-corrected chi connectivity index (χ4v) is 4.49. The lowest BCUT2D eigenvalue weighted by atomic mass is 9.94. The third-order valence-corrected chi connectivity index (χ3v) is 6.91. The predicted molar refractivity (Wildman–Crippen MR) is 141 cm³/mol. The van der Waals surface area contributed by atoms with Crippen molar-refractivity contribution < 1.29 is 9.59 Å². The van der Waals surface area contributed by atoms with Gasteiger partial charge in [-0.15, -0.1) is 0 Å². The van der Waals surface area contributed by atoms with E-state index in [2.05, 4.69) is 25.2 Å². The second-order valence-corrected chi connectivity index (χ2v) is 9.79. The highest BCUT2D eigenvalue weighted by molar-refractivity contribution is 6.31. The van der Waals surface area contributed by atoms with Crippen LogP contribution in [0, 0.1) is 6.92 Å². The minimum atomic E-state index is -0.455. The number of nitrogens with one attached hydrogen (secondary N) is 2. The van der Waals surface area contributed by atoms with Gasteiger partial charge in [0.25, 0.3) is 11.8 Å². The van der Waals surface area contributed by atoms with Crippen LogP contribution >= 0.6 is 23.2 Å². The molecular weight excluding hydrogens is 497 g/mol. The Hall–Kier alpha value is -3.68. The average molecular weight is 520 g/mol. The number of nitrogens with zero attached hydrogens (tertiary/aromatic N) is 3. The normalized spacial score (nSPS) is 13.8. The Morgan fingerprint density at radius 3 is 2.33 bits per heavy atom. The monoisotopic (exact) mass is 519 g/mol. The zero-order valence-electron chi connectivity index (χ0n) is 19.5. The van der Waals surface area contributed by atoms with Gasteiger partial charge in [0.15, 0.2) is 0 Å². The number of halogens is 2. The van der Waals surface area contributed by atoms with E-state index in [1.807, 2.05) is 43.6 Å². The number of rotatable bonds is 7. The Morgan fingerprint density at radius 1 is 0.944 bits per heavy atom. The number of carbonyl (C=O) groups excluding carboxylic acids is 2. The number of aromatic nitrogens is 3. The van der Waals surface area contributed by atoms with Gasteiger partial charge in [0, 0.05) is 41.1 Å². The molecule has 36 heavy (non-hydrogen) atoms. The average Bonchev–Trinajstić information content (AvgIpc) is 3.55. The largest absolute Gasteiger partial charge is 0.334 e. The molecule has 1 aliphatic carbocycles. The summed E-state index contributed by atoms with van der Waals surface area (Å²) in [6.45, 7) is 2.87. The quantitative estimate of drug-likeness (QED) is 0.307. The van der Waals surface area contributed by atoms with Gasteiger partial charge in [-0.05, 0) is 67.8 Å². The second kappa shape index (κ2) is 9.76. The summed E-state index contributed by atoms with van der Waals surface area (Å²) in [5.74, 6) is 0.547. The van der Waals surface area contributed by atoms with Crippen LogP contribution < -0.4 is 10.6 Å². The van der Waals surface area contributed by atoms with E-state index < -0.39 is 5.91 Å². The third kappa shape index (κ3) is 5.12. The summed E-state index contributed by atoms with van der Waals surface area (Å²) >= 11 is 12.0. The Labute approximate surface area is 218 Å². The molecule has 0 unspecified atom stereocenters. The van der Waals surface area contributed by atoms with Gasteiger partial charge in [0.1, 0.15) is 11.6 Å². The van der Waals surface area contributed by atoms with Crippen molar-refractivity contribution in [1.82, 2.24) is 14.5 Å². The van der Waals surface area contributed by atoms with Crippen LogP contribution in [0.3, 0.4) is 0 Å². The van der Waals surface area contributed by atoms with E-state index in [0.717, 1.165) is 25.2 Å². The van der Waals surface area contributed by atoms with E-state index in [1.54, 1.807) is 24.3 Å². The molecule has 7 nitrogen and oxygen atoms in total. The molecule has 0 saturated heterocycles. The minimum absolute atomic E-state index is 0.0810. The van der Waals surface area contributed by atoms with Gasteiger partial charge in [-0.3, -0.25) is 9.59 Å². The first-order valence-corrected chi connectivity index (χ1v) is 12.2. The van der Waals surface area contributed by atoms with Gasteiger partial charge in [0.05, 0.1) is 16.3 Å². The number of benzene rings is 2. The van der Waals surface area contributed by atoms with E-state index in [1.165, 1.54) is 17.8 Å². The van der Waals surface area contributed by atoms with Crippen LogP contribution in [0.15, 0.2) is 73.2 Å². The predicted octanol–water partition coefficient (Wildman–Crippen LogP) is 6.13. The molecule has 2 amide bonds. The lowest BCUT2D eigenvalue weighted by molar-refractivity contribution is 0.102. The lowest BCUT2D eigenvalue weighted by Crippen LogP contribution is -2.19. The van der Waals surface area contributed by atoms with Crippen LogP contribution in [-0.4, -0.2) is 26.3 Å². The lowest BCUT2D eigenvalue weighted by Gasteiger charge is -2.18. The summed E-state index contributed by atoms with van der Waals surface area (Å²) in [5, 5.41) is 6.36. The van der Waals surface area contributed by atoms with Crippen LogP contribution in [0.25, 0.3) is 0 Å². The molecule has 2 N–H and O–H groups in total. The van der Waals surface area contributed by atoms with Gasteiger partial charge >= 0.3 is 0 Å². The summed E-state index contributed by atoms with van der Waals surface area (Å²) in [6, 6.07) is 15.6. The van der Waals surface area contributed by atoms with E-state index >= 15 is 0 Å². The molecule has 2 aromatic heterocycles. The zero-order valence-corrected chi connectivity index (χ0v) is 21.0. The first-order chi connectivity index (χ1) is 17.3. The van der Waals surface area contributed by atoms with Crippen molar-refractivity contribution >= 4 is 46.5 Å². The molecule has 0 spiro atoms. The number of imidazole rings is 1. The number of aryl methyl sites for hydroxylation is 1. The highest BCUT2D eigenvalue weighted by Gasteiger charge is 2.44. The number of pyridine rings is 1. The van der Waals surface area contributed by atoms with Gasteiger partial charge in [-0.1, -0.05) is 35.3 Å². The van der Waals surface area contributed by atoms with E-state index in [-0.39, 0.29) is 16.9 Å². The highest BCUT2D eigenvalue weighted by atomic mass is 35.5. The molecule has 2 aromatic carbocycles. The van der Waals surface area contributed by atoms with Crippen LogP contribution in [0.5, 0.6) is 0 Å². The fraction of sp³-hybridized carbons (Fsp3) is 0.185. The Kier molecular flexibility index (Phi) is 6.51. The van der Waals surface area contributed by atoms with Crippen molar-refractivity contribution in [1.29, 1.82) is 0 Å². The summed E-state index contributed by atoms with van der Waals surface area (Å²) < 4.78 is 2.17. The fourth-order valence-electron chi connectivity index (χ4n) is 4.20. The first kappa shape index (κ1) is 24.0. The van der Waals surface area contributed by atoms with Crippen LogP contribution in [0.2, 0.25) is 10.0 Å². The Balaban J connectivity index is 1.31. The maximum Gasteiger partial charge on any atom is 0.258 e. The SMILES string of the molecule is Cc1nccn1CC1(c2ccc(C(=O)Nc3ccc(Cl)cc3C(=O)Nc3ccc(Cl)cn3)cc2)CC1. The molecule has 182 valence electrons. The van der Waals surface area contributed by atoms with Gasteiger partial charge in [-0.25, -0.2) is 9.97 Å². The van der Waals surface area contributed by atoms with Crippen molar-refractivity contribution in [3.8, 4) is 0 Å². The van der Waals surface area contributed by atoms with E-state index in [0.29, 0.717) is 27.1 Å². The maximum atomic E-state index is 13.0. The molecule has 4 aromatic rings. The van der Waals surface area contributed by atoms with Gasteiger partial charge in [-0.2, -0.15) is 0 Å². The maximum absolute atomic E-state index is 13.0. The number of hydrogen-bond acceptors (Lipinski definition) is 4. The summed E-state index contributed by atoms with van der Waals surface area (Å²) in [5.41, 5.74) is 2.34. The summed E-state index contributed by atoms with van der Waals surface area (Å²) in [4.78, 5) is 34.3. The molecule has 9 heteroatoms. The third-order valence-electron chi connectivity index (χ3n) is 6.45. The molecule has 2 heterocycles. The molecular formula is C27H23Cl2N5O2. The molecule has 1 saturated carbocycles. The molecule has 0 aliphatic heterocycles. The number of hydrogen-bond donors (Lipinski definition) is 2. The molecule has 5 rings (SSSR count). The summed E-state index contributed by atoms with van der Waals surface area (Å²) in [7, 11) is 0. The Morgan fingerprint density at radius 2 is 1.69 bits per heavy atom. The second-order valence-electron chi connectivity index (χ2n) is 8.92. The smallest absolute Gasteiger partial charge is 0.258 e. The van der Waals surface area contributed by atoms with Crippen molar-refractivity contribution in [2.45, 2.75) is 31.7 Å². The van der Waals surface area contributed by atoms with Crippen molar-refractivity contribution in [2.75, 3.05) is 10.6 Å². The van der Waals surface area contributed by atoms with Crippen molar-refractivity contribution in [2.24, 2.45) is 0 Å². The standard InChI is InChI=1S/C27H23Cl2N5O2/c1-17-30-12-13-34(17)16-27(10-11-27)19-4-2-18(3-5-19)25(35)32-23-8-6-20(28)14-22(23)26(36)33-24-9-7-21(29)15-31-24/h2-9,12-15H,10-11,16H2,1H3,(H,32,35)(H,31,33,36). The Bertz CT molecular complexity index is 1430. The number of amides is 2. The number of carbonyl (C=O) groups is 2. The van der Waals surface area contributed by atoms with Crippen molar-refractivity contribution in [3.63, 3.8) is 0 Å². The van der Waals surface area contributed by atoms with Gasteiger partial charge in [0.2, 0.25) is 0 Å². The van der Waals surface area contributed by atoms with E-state index in [4.69, 9.17) is 23.2 Å². The highest BCUT2D eigenvalue weighted by Crippen LogP contribution is 2.49. The molecule has 0 atom stereocenters. The van der Waals surface area contributed by atoms with E-state index in [9.17, 15) is 9.59 Å². The zero-order chi connectivity index (χ0) is 25.3.